The summed E-state index contributed by atoms with van der Waals surface area (Å²) in [4.78, 5) is 15.9. The Morgan fingerprint density at radius 1 is 1.53 bits per heavy atom. The van der Waals surface area contributed by atoms with Gasteiger partial charge < -0.3 is 10.1 Å². The molecule has 2 heterocycles. The third-order valence-electron chi connectivity index (χ3n) is 2.57. The van der Waals surface area contributed by atoms with Gasteiger partial charge in [0.25, 0.3) is 0 Å². The zero-order chi connectivity index (χ0) is 13.8. The molecule has 0 aromatic carbocycles. The summed E-state index contributed by atoms with van der Waals surface area (Å²) in [5.74, 6) is -0.421. The molecule has 0 aliphatic rings. The van der Waals surface area contributed by atoms with Crippen LogP contribution in [0.4, 0.5) is 0 Å². The first-order valence-corrected chi connectivity index (χ1v) is 6.35. The molecule has 102 valence electrons. The first kappa shape index (κ1) is 13.5. The number of nitrogens with zero attached hydrogens (tertiary/aromatic N) is 3. The predicted molar refractivity (Wildman–Crippen MR) is 70.9 cm³/mol. The van der Waals surface area contributed by atoms with E-state index in [-0.39, 0.29) is 5.69 Å². The number of fused-ring (bicyclic) bond motifs is 1. The average molecular weight is 262 g/mol. The van der Waals surface area contributed by atoms with E-state index >= 15 is 0 Å². The molecule has 2 rings (SSSR count). The van der Waals surface area contributed by atoms with E-state index < -0.39 is 5.97 Å². The Labute approximate surface area is 111 Å². The van der Waals surface area contributed by atoms with Crippen molar-refractivity contribution in [1.29, 1.82) is 0 Å². The highest BCUT2D eigenvalue weighted by Crippen LogP contribution is 2.07. The molecular formula is C13H18N4O2. The lowest BCUT2D eigenvalue weighted by Crippen LogP contribution is -2.22. The minimum atomic E-state index is -0.421. The second-order valence-corrected chi connectivity index (χ2v) is 4.55. The average Bonchev–Trinajstić information content (AvgIpc) is 2.79. The smallest absolute Gasteiger partial charge is 0.358 e. The molecule has 0 bridgehead atoms. The van der Waals surface area contributed by atoms with Gasteiger partial charge in [-0.05, 0) is 6.92 Å². The number of aromatic nitrogens is 3. The summed E-state index contributed by atoms with van der Waals surface area (Å²) in [7, 11) is 0. The fourth-order valence-corrected chi connectivity index (χ4v) is 1.63. The Morgan fingerprint density at radius 3 is 3.00 bits per heavy atom. The summed E-state index contributed by atoms with van der Waals surface area (Å²) in [5, 5.41) is 7.47. The SMILES string of the molecule is CCOC(=O)c1cc2ncc(CNC(C)C)cn2n1. The number of hydrogen-bond acceptors (Lipinski definition) is 5. The van der Waals surface area contributed by atoms with E-state index in [9.17, 15) is 4.79 Å². The van der Waals surface area contributed by atoms with Gasteiger partial charge in [0.1, 0.15) is 0 Å². The van der Waals surface area contributed by atoms with Crippen LogP contribution in [-0.2, 0) is 11.3 Å². The highest BCUT2D eigenvalue weighted by Gasteiger charge is 2.12. The molecule has 19 heavy (non-hydrogen) atoms. The van der Waals surface area contributed by atoms with Crippen LogP contribution in [0.15, 0.2) is 18.5 Å². The van der Waals surface area contributed by atoms with Crippen LogP contribution < -0.4 is 5.32 Å². The van der Waals surface area contributed by atoms with Crippen molar-refractivity contribution >= 4 is 11.6 Å². The lowest BCUT2D eigenvalue weighted by Gasteiger charge is -2.07. The molecule has 6 heteroatoms. The van der Waals surface area contributed by atoms with Crippen molar-refractivity contribution in [2.75, 3.05) is 6.61 Å². The molecule has 0 fully saturated rings. The molecule has 0 amide bonds. The van der Waals surface area contributed by atoms with Gasteiger partial charge in [0.05, 0.1) is 6.61 Å². The van der Waals surface area contributed by atoms with Crippen LogP contribution in [0.2, 0.25) is 0 Å². The normalized spacial score (nSPS) is 11.2. The van der Waals surface area contributed by atoms with Crippen LogP contribution in [0.1, 0.15) is 36.8 Å². The van der Waals surface area contributed by atoms with Crippen molar-refractivity contribution in [3.8, 4) is 0 Å². The van der Waals surface area contributed by atoms with Crippen LogP contribution in [0.5, 0.6) is 0 Å². The van der Waals surface area contributed by atoms with Crippen molar-refractivity contribution in [3.63, 3.8) is 0 Å². The minimum absolute atomic E-state index is 0.281. The van der Waals surface area contributed by atoms with Gasteiger partial charge in [-0.2, -0.15) is 5.10 Å². The molecule has 0 atom stereocenters. The van der Waals surface area contributed by atoms with Gasteiger partial charge in [0.2, 0.25) is 0 Å². The second kappa shape index (κ2) is 5.79. The standard InChI is InChI=1S/C13H18N4O2/c1-4-19-13(18)11-5-12-15-7-10(6-14-9(2)3)8-17(12)16-11/h5,7-9,14H,4,6H2,1-3H3. The molecule has 1 N–H and O–H groups in total. The molecule has 0 radical (unpaired) electrons. The molecule has 2 aromatic rings. The lowest BCUT2D eigenvalue weighted by molar-refractivity contribution is 0.0519. The van der Waals surface area contributed by atoms with Crippen molar-refractivity contribution in [3.05, 3.63) is 29.7 Å². The number of carbonyl (C=O) groups is 1. The number of carbonyl (C=O) groups excluding carboxylic acids is 1. The Balaban J connectivity index is 2.20. The van der Waals surface area contributed by atoms with Crippen molar-refractivity contribution in [2.45, 2.75) is 33.4 Å². The molecule has 0 saturated heterocycles. The van der Waals surface area contributed by atoms with E-state index in [0.29, 0.717) is 18.3 Å². The van der Waals surface area contributed by atoms with Gasteiger partial charge in [-0.15, -0.1) is 0 Å². The second-order valence-electron chi connectivity index (χ2n) is 4.55. The topological polar surface area (TPSA) is 68.5 Å². The van der Waals surface area contributed by atoms with Gasteiger partial charge in [0.15, 0.2) is 11.3 Å². The number of rotatable bonds is 5. The summed E-state index contributed by atoms with van der Waals surface area (Å²) >= 11 is 0. The maximum atomic E-state index is 11.6. The molecular weight excluding hydrogens is 244 g/mol. The molecule has 6 nitrogen and oxygen atoms in total. The molecule has 0 aliphatic heterocycles. The first-order valence-electron chi connectivity index (χ1n) is 6.35. The van der Waals surface area contributed by atoms with E-state index in [1.165, 1.54) is 0 Å². The summed E-state index contributed by atoms with van der Waals surface area (Å²) in [6, 6.07) is 2.03. The van der Waals surface area contributed by atoms with Crippen LogP contribution in [0.3, 0.4) is 0 Å². The van der Waals surface area contributed by atoms with E-state index in [1.807, 2.05) is 6.20 Å². The Hall–Kier alpha value is -1.95. The van der Waals surface area contributed by atoms with Gasteiger partial charge >= 0.3 is 5.97 Å². The molecule has 0 saturated carbocycles. The highest BCUT2D eigenvalue weighted by atomic mass is 16.5. The van der Waals surface area contributed by atoms with Crippen LogP contribution >= 0.6 is 0 Å². The number of nitrogens with one attached hydrogen (secondary N) is 1. The van der Waals surface area contributed by atoms with E-state index in [4.69, 9.17) is 4.74 Å². The zero-order valence-corrected chi connectivity index (χ0v) is 11.4. The van der Waals surface area contributed by atoms with E-state index in [1.54, 1.807) is 23.7 Å². The number of ether oxygens (including phenoxy) is 1. The summed E-state index contributed by atoms with van der Waals surface area (Å²) < 4.78 is 6.51. The van der Waals surface area contributed by atoms with E-state index in [2.05, 4.69) is 29.2 Å². The molecule has 0 unspecified atom stereocenters. The minimum Gasteiger partial charge on any atom is -0.461 e. The molecule has 0 aliphatic carbocycles. The Morgan fingerprint density at radius 2 is 2.32 bits per heavy atom. The number of hydrogen-bond donors (Lipinski definition) is 1. The predicted octanol–water partition coefficient (Wildman–Crippen LogP) is 1.40. The van der Waals surface area contributed by atoms with Gasteiger partial charge in [-0.3, -0.25) is 0 Å². The summed E-state index contributed by atoms with van der Waals surface area (Å²) in [6.07, 6.45) is 3.64. The third-order valence-corrected chi connectivity index (χ3v) is 2.57. The van der Waals surface area contributed by atoms with Gasteiger partial charge in [-0.25, -0.2) is 14.3 Å². The van der Waals surface area contributed by atoms with Crippen molar-refractivity contribution in [2.24, 2.45) is 0 Å². The fraction of sp³-hybridized carbons (Fsp3) is 0.462. The third kappa shape index (κ3) is 3.29. The monoisotopic (exact) mass is 262 g/mol. The Bertz CT molecular complexity index is 577. The maximum absolute atomic E-state index is 11.6. The summed E-state index contributed by atoms with van der Waals surface area (Å²) in [5.41, 5.74) is 1.93. The van der Waals surface area contributed by atoms with Crippen LogP contribution in [0.25, 0.3) is 5.65 Å². The largest absolute Gasteiger partial charge is 0.461 e. The summed E-state index contributed by atoms with van der Waals surface area (Å²) in [6.45, 7) is 6.98. The van der Waals surface area contributed by atoms with Crippen molar-refractivity contribution < 1.29 is 9.53 Å². The van der Waals surface area contributed by atoms with Crippen molar-refractivity contribution in [1.82, 2.24) is 19.9 Å². The van der Waals surface area contributed by atoms with Gasteiger partial charge in [-0.1, -0.05) is 13.8 Å². The maximum Gasteiger partial charge on any atom is 0.358 e. The van der Waals surface area contributed by atoms with E-state index in [0.717, 1.165) is 12.1 Å². The van der Waals surface area contributed by atoms with Crippen LogP contribution in [0, 0.1) is 0 Å². The fourth-order valence-electron chi connectivity index (χ4n) is 1.63. The first-order chi connectivity index (χ1) is 9.10. The number of esters is 1. The van der Waals surface area contributed by atoms with Gasteiger partial charge in [0, 0.05) is 36.6 Å². The Kier molecular flexibility index (Phi) is 4.11. The zero-order valence-electron chi connectivity index (χ0n) is 11.4. The highest BCUT2D eigenvalue weighted by molar-refractivity contribution is 5.88. The lowest BCUT2D eigenvalue weighted by atomic mass is 10.3. The van der Waals surface area contributed by atoms with Crippen LogP contribution in [-0.4, -0.2) is 33.2 Å². The quantitative estimate of drug-likeness (QED) is 0.825. The molecule has 0 spiro atoms. The molecule has 2 aromatic heterocycles.